The summed E-state index contributed by atoms with van der Waals surface area (Å²) < 4.78 is 24.4. The van der Waals surface area contributed by atoms with E-state index in [2.05, 4.69) is 20.6 Å². The molecule has 2 amide bonds. The van der Waals surface area contributed by atoms with Crippen LogP contribution in [-0.2, 0) is 19.4 Å². The summed E-state index contributed by atoms with van der Waals surface area (Å²) >= 11 is 0. The predicted molar refractivity (Wildman–Crippen MR) is 139 cm³/mol. The summed E-state index contributed by atoms with van der Waals surface area (Å²) in [5, 5.41) is 5.59. The van der Waals surface area contributed by atoms with E-state index in [1.807, 2.05) is 36.4 Å². The minimum atomic E-state index is -3.68. The number of nitrogens with zero attached hydrogens (tertiary/aromatic N) is 2. The molecule has 2 aromatic heterocycles. The van der Waals surface area contributed by atoms with E-state index in [1.54, 1.807) is 18.2 Å². The highest BCUT2D eigenvalue weighted by molar-refractivity contribution is 7.91. The topological polar surface area (TPSA) is 135 Å². The molecule has 2 aromatic carbocycles. The predicted octanol–water partition coefficient (Wildman–Crippen LogP) is 3.05. The van der Waals surface area contributed by atoms with Crippen LogP contribution in [0.3, 0.4) is 0 Å². The Morgan fingerprint density at radius 2 is 1.59 bits per heavy atom. The van der Waals surface area contributed by atoms with Crippen molar-refractivity contribution in [2.75, 3.05) is 17.6 Å². The van der Waals surface area contributed by atoms with E-state index in [1.165, 1.54) is 42.6 Å². The van der Waals surface area contributed by atoms with Crippen molar-refractivity contribution < 1.29 is 22.8 Å². The molecular formula is C27H22N4O5S. The number of carbonyl (C=O) groups is 3. The van der Waals surface area contributed by atoms with Crippen LogP contribution in [0.15, 0.2) is 96.2 Å². The third kappa shape index (κ3) is 6.71. The number of aromatic nitrogens is 2. The monoisotopic (exact) mass is 514 g/mol. The first-order valence-corrected chi connectivity index (χ1v) is 12.9. The van der Waals surface area contributed by atoms with E-state index >= 15 is 0 Å². The van der Waals surface area contributed by atoms with Gasteiger partial charge in [0.2, 0.25) is 0 Å². The number of carbonyl (C=O) groups excluding carboxylic acids is 3. The van der Waals surface area contributed by atoms with Gasteiger partial charge in [0.05, 0.1) is 17.0 Å². The maximum absolute atomic E-state index is 12.5. The number of para-hydroxylation sites is 1. The largest absolute Gasteiger partial charge is 0.347 e. The van der Waals surface area contributed by atoms with E-state index in [4.69, 9.17) is 0 Å². The van der Waals surface area contributed by atoms with E-state index < -0.39 is 27.4 Å². The molecule has 2 heterocycles. The molecule has 2 N–H and O–H groups in total. The zero-order chi connectivity index (χ0) is 26.3. The molecule has 37 heavy (non-hydrogen) atoms. The van der Waals surface area contributed by atoms with Gasteiger partial charge in [-0.25, -0.2) is 18.4 Å². The number of nitrogens with one attached hydrogen (secondary N) is 2. The van der Waals surface area contributed by atoms with E-state index in [0.717, 1.165) is 10.9 Å². The lowest BCUT2D eigenvalue weighted by atomic mass is 10.1. The van der Waals surface area contributed by atoms with Gasteiger partial charge in [-0.1, -0.05) is 30.3 Å². The van der Waals surface area contributed by atoms with Crippen LogP contribution < -0.4 is 10.6 Å². The molecule has 0 aliphatic carbocycles. The highest BCUT2D eigenvalue weighted by atomic mass is 32.2. The molecule has 9 nitrogen and oxygen atoms in total. The molecule has 0 fully saturated rings. The minimum Gasteiger partial charge on any atom is -0.347 e. The second-order valence-electron chi connectivity index (χ2n) is 7.90. The number of pyridine rings is 2. The van der Waals surface area contributed by atoms with Crippen LogP contribution in [-0.4, -0.2) is 48.3 Å². The van der Waals surface area contributed by atoms with Crippen LogP contribution in [0.5, 0.6) is 0 Å². The number of amides is 2. The quantitative estimate of drug-likeness (QED) is 0.210. The van der Waals surface area contributed by atoms with Gasteiger partial charge in [-0.05, 0) is 60.7 Å². The first kappa shape index (κ1) is 25.4. The summed E-state index contributed by atoms with van der Waals surface area (Å²) in [7, 11) is -3.68. The normalized spacial score (nSPS) is 11.4. The number of anilines is 1. The Balaban J connectivity index is 1.28. The average Bonchev–Trinajstić information content (AvgIpc) is 2.92. The molecule has 4 rings (SSSR count). The molecule has 0 saturated heterocycles. The summed E-state index contributed by atoms with van der Waals surface area (Å²) in [5.74, 6) is -2.60. The first-order valence-electron chi connectivity index (χ1n) is 11.2. The molecular weight excluding hydrogens is 492 g/mol. The molecule has 0 unspecified atom stereocenters. The van der Waals surface area contributed by atoms with Crippen molar-refractivity contribution in [2.45, 2.75) is 5.03 Å². The molecule has 0 bridgehead atoms. The van der Waals surface area contributed by atoms with Gasteiger partial charge in [0.25, 0.3) is 0 Å². The fourth-order valence-electron chi connectivity index (χ4n) is 3.35. The Bertz CT molecular complexity index is 1580. The summed E-state index contributed by atoms with van der Waals surface area (Å²) in [5.41, 5.74) is 2.17. The maximum Gasteiger partial charge on any atom is 0.313 e. The number of allylic oxidation sites excluding steroid dienone is 1. The van der Waals surface area contributed by atoms with Gasteiger partial charge >= 0.3 is 11.8 Å². The standard InChI is InChI=1S/C27H22N4O5S/c32-24(15-14-21-11-8-19-5-1-2-6-23(19)30-21)20-9-12-22(13-10-20)31-27(34)26(33)29-17-18-37(35,36)25-7-3-4-16-28-25/h1-16H,17-18H2,(H,29,33)(H,31,34)/b15-14+. The van der Waals surface area contributed by atoms with Crippen molar-refractivity contribution in [2.24, 2.45) is 0 Å². The lowest BCUT2D eigenvalue weighted by Gasteiger charge is -2.07. The molecule has 0 saturated carbocycles. The van der Waals surface area contributed by atoms with E-state index in [0.29, 0.717) is 16.9 Å². The van der Waals surface area contributed by atoms with Crippen LogP contribution in [0.4, 0.5) is 5.69 Å². The number of benzene rings is 2. The molecule has 186 valence electrons. The van der Waals surface area contributed by atoms with Gasteiger partial charge in [-0.15, -0.1) is 0 Å². The third-order valence-electron chi connectivity index (χ3n) is 5.27. The fraction of sp³-hybridized carbons (Fsp3) is 0.0741. The summed E-state index contributed by atoms with van der Waals surface area (Å²) in [4.78, 5) is 45.0. The van der Waals surface area contributed by atoms with Gasteiger partial charge in [0.15, 0.2) is 20.6 Å². The Morgan fingerprint density at radius 3 is 2.35 bits per heavy atom. The highest BCUT2D eigenvalue weighted by Gasteiger charge is 2.18. The Hall–Kier alpha value is -4.70. The number of rotatable bonds is 8. The van der Waals surface area contributed by atoms with Crippen LogP contribution >= 0.6 is 0 Å². The van der Waals surface area contributed by atoms with Gasteiger partial charge in [0.1, 0.15) is 0 Å². The van der Waals surface area contributed by atoms with Crippen LogP contribution in [0, 0.1) is 0 Å². The molecule has 0 aliphatic heterocycles. The summed E-state index contributed by atoms with van der Waals surface area (Å²) in [6, 6.07) is 21.9. The highest BCUT2D eigenvalue weighted by Crippen LogP contribution is 2.14. The molecule has 4 aromatic rings. The van der Waals surface area contributed by atoms with Gasteiger partial charge in [0, 0.05) is 29.4 Å². The second kappa shape index (κ2) is 11.4. The molecule has 0 aliphatic rings. The Labute approximate surface area is 213 Å². The van der Waals surface area contributed by atoms with Crippen molar-refractivity contribution in [3.63, 3.8) is 0 Å². The van der Waals surface area contributed by atoms with Crippen LogP contribution in [0.2, 0.25) is 0 Å². The van der Waals surface area contributed by atoms with Gasteiger partial charge < -0.3 is 10.6 Å². The number of ketones is 1. The third-order valence-corrected chi connectivity index (χ3v) is 6.89. The van der Waals surface area contributed by atoms with Crippen molar-refractivity contribution >= 4 is 50.1 Å². The van der Waals surface area contributed by atoms with Crippen molar-refractivity contribution in [3.05, 3.63) is 102 Å². The number of hydrogen-bond acceptors (Lipinski definition) is 7. The Morgan fingerprint density at radius 1 is 0.838 bits per heavy atom. The Kier molecular flexibility index (Phi) is 7.80. The minimum absolute atomic E-state index is 0.105. The van der Waals surface area contributed by atoms with Crippen molar-refractivity contribution in [1.82, 2.24) is 15.3 Å². The maximum atomic E-state index is 12.5. The van der Waals surface area contributed by atoms with Crippen molar-refractivity contribution in [3.8, 4) is 0 Å². The first-order chi connectivity index (χ1) is 17.8. The number of hydrogen-bond donors (Lipinski definition) is 2. The average molecular weight is 515 g/mol. The smallest absolute Gasteiger partial charge is 0.313 e. The van der Waals surface area contributed by atoms with E-state index in [9.17, 15) is 22.8 Å². The van der Waals surface area contributed by atoms with Gasteiger partial charge in [-0.2, -0.15) is 0 Å². The summed E-state index contributed by atoms with van der Waals surface area (Å²) in [6.07, 6.45) is 4.40. The zero-order valence-electron chi connectivity index (χ0n) is 19.5. The lowest BCUT2D eigenvalue weighted by molar-refractivity contribution is -0.136. The molecule has 0 atom stereocenters. The lowest BCUT2D eigenvalue weighted by Crippen LogP contribution is -2.37. The zero-order valence-corrected chi connectivity index (χ0v) is 20.3. The second-order valence-corrected chi connectivity index (χ2v) is 9.96. The summed E-state index contributed by atoms with van der Waals surface area (Å²) in [6.45, 7) is -0.253. The van der Waals surface area contributed by atoms with E-state index in [-0.39, 0.29) is 17.4 Å². The van der Waals surface area contributed by atoms with Crippen LogP contribution in [0.25, 0.3) is 17.0 Å². The number of sulfone groups is 1. The molecule has 0 spiro atoms. The molecule has 0 radical (unpaired) electrons. The fourth-order valence-corrected chi connectivity index (χ4v) is 4.44. The van der Waals surface area contributed by atoms with Crippen LogP contribution in [0.1, 0.15) is 16.1 Å². The SMILES string of the molecule is O=C(NCCS(=O)(=O)c1ccccn1)C(=O)Nc1ccc(C(=O)/C=C/c2ccc3ccccc3n2)cc1. The van der Waals surface area contributed by atoms with Crippen molar-refractivity contribution in [1.29, 1.82) is 0 Å². The van der Waals surface area contributed by atoms with Gasteiger partial charge in [-0.3, -0.25) is 14.4 Å². The molecule has 10 heteroatoms. The number of fused-ring (bicyclic) bond motifs is 1.